The van der Waals surface area contributed by atoms with Crippen molar-refractivity contribution in [1.29, 1.82) is 0 Å². The number of ether oxygens (including phenoxy) is 2. The lowest BCUT2D eigenvalue weighted by atomic mass is 10.1. The highest BCUT2D eigenvalue weighted by Crippen LogP contribution is 2.26. The molecule has 8 heteroatoms. The molecule has 0 spiro atoms. The van der Waals surface area contributed by atoms with Crippen molar-refractivity contribution >= 4 is 17.6 Å². The van der Waals surface area contributed by atoms with Crippen LogP contribution in [0.2, 0.25) is 0 Å². The molecule has 0 unspecified atom stereocenters. The minimum absolute atomic E-state index is 0.0613. The van der Waals surface area contributed by atoms with Gasteiger partial charge in [-0.2, -0.15) is 0 Å². The molecule has 1 aliphatic heterocycles. The van der Waals surface area contributed by atoms with Crippen LogP contribution in [0.4, 0.5) is 11.6 Å². The van der Waals surface area contributed by atoms with E-state index in [1.54, 1.807) is 19.5 Å². The maximum absolute atomic E-state index is 11.8. The molecule has 2 aromatic carbocycles. The van der Waals surface area contributed by atoms with Crippen LogP contribution < -0.4 is 10.1 Å². The van der Waals surface area contributed by atoms with E-state index < -0.39 is 12.0 Å². The first-order chi connectivity index (χ1) is 17.2. The van der Waals surface area contributed by atoms with Crippen LogP contribution in [-0.2, 0) is 16.0 Å². The number of aliphatic carboxylic acids is 1. The van der Waals surface area contributed by atoms with E-state index in [-0.39, 0.29) is 11.7 Å². The molecule has 2 atom stereocenters. The second-order valence-electron chi connectivity index (χ2n) is 10.0. The standard InChI is InChI=1S/C28H34N4O4/c1-28(2,3)36-24-15-25(26(33)34)32(18-24)14-13-19-5-9-22(10-6-19)31-27-29-16-21(17-30-27)20-7-11-23(35-4)12-8-20/h5-12,16-17,24-25H,13-15,18H2,1-4H3,(H,33,34)(H,29,30,31)/t24-,25+/m1/s1. The number of likely N-dealkylation sites (tertiary alicyclic amines) is 1. The largest absolute Gasteiger partial charge is 0.497 e. The van der Waals surface area contributed by atoms with E-state index in [0.717, 1.165) is 34.5 Å². The molecule has 0 amide bonds. The Bertz CT molecular complexity index is 1140. The second kappa shape index (κ2) is 11.1. The summed E-state index contributed by atoms with van der Waals surface area (Å²) in [6.07, 6.45) is 4.80. The Hall–Kier alpha value is -3.49. The van der Waals surface area contributed by atoms with E-state index in [1.807, 2.05) is 74.2 Å². The van der Waals surface area contributed by atoms with Gasteiger partial charge in [0.25, 0.3) is 0 Å². The van der Waals surface area contributed by atoms with Gasteiger partial charge in [0.05, 0.1) is 18.8 Å². The molecule has 2 heterocycles. The predicted octanol–water partition coefficient (Wildman–Crippen LogP) is 4.78. The van der Waals surface area contributed by atoms with Gasteiger partial charge in [0.15, 0.2) is 0 Å². The highest BCUT2D eigenvalue weighted by atomic mass is 16.5. The summed E-state index contributed by atoms with van der Waals surface area (Å²) in [6.45, 7) is 7.31. The molecule has 2 N–H and O–H groups in total. The number of rotatable bonds is 9. The van der Waals surface area contributed by atoms with Crippen LogP contribution in [0.3, 0.4) is 0 Å². The van der Waals surface area contributed by atoms with Crippen LogP contribution in [0.25, 0.3) is 11.1 Å². The number of methoxy groups -OCH3 is 1. The van der Waals surface area contributed by atoms with Crippen LogP contribution in [0.5, 0.6) is 5.75 Å². The summed E-state index contributed by atoms with van der Waals surface area (Å²) in [6, 6.07) is 15.3. The highest BCUT2D eigenvalue weighted by molar-refractivity contribution is 5.74. The molecule has 1 fully saturated rings. The van der Waals surface area contributed by atoms with Crippen molar-refractivity contribution in [3.63, 3.8) is 0 Å². The summed E-state index contributed by atoms with van der Waals surface area (Å²) < 4.78 is 11.2. The molecular formula is C28H34N4O4. The van der Waals surface area contributed by atoms with Crippen molar-refractivity contribution in [3.8, 4) is 16.9 Å². The zero-order chi connectivity index (χ0) is 25.7. The van der Waals surface area contributed by atoms with Crippen molar-refractivity contribution in [2.45, 2.75) is 51.4 Å². The van der Waals surface area contributed by atoms with Crippen molar-refractivity contribution in [2.24, 2.45) is 0 Å². The second-order valence-corrected chi connectivity index (χ2v) is 10.0. The lowest BCUT2D eigenvalue weighted by Gasteiger charge is -2.25. The monoisotopic (exact) mass is 490 g/mol. The molecule has 4 rings (SSSR count). The molecule has 36 heavy (non-hydrogen) atoms. The van der Waals surface area contributed by atoms with Gasteiger partial charge in [-0.15, -0.1) is 0 Å². The van der Waals surface area contributed by atoms with Crippen LogP contribution in [0.1, 0.15) is 32.8 Å². The zero-order valence-corrected chi connectivity index (χ0v) is 21.3. The third-order valence-corrected chi connectivity index (χ3v) is 6.14. The zero-order valence-electron chi connectivity index (χ0n) is 21.3. The Morgan fingerprint density at radius 2 is 1.72 bits per heavy atom. The third-order valence-electron chi connectivity index (χ3n) is 6.14. The van der Waals surface area contributed by atoms with Gasteiger partial charge >= 0.3 is 5.97 Å². The molecule has 0 saturated carbocycles. The number of hydrogen-bond donors (Lipinski definition) is 2. The molecule has 3 aromatic rings. The normalized spacial score (nSPS) is 18.2. The summed E-state index contributed by atoms with van der Waals surface area (Å²) in [5.41, 5.74) is 3.69. The Kier molecular flexibility index (Phi) is 7.86. The Labute approximate surface area is 212 Å². The van der Waals surface area contributed by atoms with E-state index >= 15 is 0 Å². The first-order valence-corrected chi connectivity index (χ1v) is 12.2. The van der Waals surface area contributed by atoms with Crippen LogP contribution >= 0.6 is 0 Å². The molecule has 1 saturated heterocycles. The van der Waals surface area contributed by atoms with E-state index in [9.17, 15) is 9.90 Å². The van der Waals surface area contributed by atoms with E-state index in [2.05, 4.69) is 15.3 Å². The molecule has 1 aliphatic rings. The number of carboxylic acid groups (broad SMARTS) is 1. The number of carboxylic acids is 1. The van der Waals surface area contributed by atoms with E-state index in [4.69, 9.17) is 9.47 Å². The summed E-state index contributed by atoms with van der Waals surface area (Å²) in [4.78, 5) is 22.6. The number of nitrogens with zero attached hydrogens (tertiary/aromatic N) is 3. The summed E-state index contributed by atoms with van der Waals surface area (Å²) >= 11 is 0. The van der Waals surface area contributed by atoms with E-state index in [1.165, 1.54) is 0 Å². The summed E-state index contributed by atoms with van der Waals surface area (Å²) in [5.74, 6) is 0.543. The lowest BCUT2D eigenvalue weighted by Crippen LogP contribution is -2.37. The number of carbonyl (C=O) groups is 1. The van der Waals surface area contributed by atoms with Gasteiger partial charge in [-0.3, -0.25) is 9.69 Å². The lowest BCUT2D eigenvalue weighted by molar-refractivity contribution is -0.142. The molecule has 190 valence electrons. The highest BCUT2D eigenvalue weighted by Gasteiger charge is 2.38. The molecule has 1 aromatic heterocycles. The van der Waals surface area contributed by atoms with Gasteiger partial charge in [0, 0.05) is 43.2 Å². The molecule has 0 bridgehead atoms. The Balaban J connectivity index is 1.31. The maximum atomic E-state index is 11.8. The fourth-order valence-electron chi connectivity index (χ4n) is 4.43. The predicted molar refractivity (Wildman–Crippen MR) is 140 cm³/mol. The molecular weight excluding hydrogens is 456 g/mol. The number of benzene rings is 2. The Morgan fingerprint density at radius 3 is 2.31 bits per heavy atom. The number of hydrogen-bond acceptors (Lipinski definition) is 7. The van der Waals surface area contributed by atoms with Crippen LogP contribution in [0.15, 0.2) is 60.9 Å². The van der Waals surface area contributed by atoms with Crippen molar-refractivity contribution in [3.05, 3.63) is 66.5 Å². The van der Waals surface area contributed by atoms with Crippen molar-refractivity contribution in [1.82, 2.24) is 14.9 Å². The van der Waals surface area contributed by atoms with Crippen LogP contribution in [-0.4, -0.2) is 63.9 Å². The van der Waals surface area contributed by atoms with Gasteiger partial charge in [0.2, 0.25) is 5.95 Å². The summed E-state index contributed by atoms with van der Waals surface area (Å²) in [5, 5.41) is 12.9. The number of nitrogens with one attached hydrogen (secondary N) is 1. The van der Waals surface area contributed by atoms with Crippen LogP contribution in [0, 0.1) is 0 Å². The fraction of sp³-hybridized carbons (Fsp3) is 0.393. The summed E-state index contributed by atoms with van der Waals surface area (Å²) in [7, 11) is 1.64. The molecule has 0 aliphatic carbocycles. The minimum atomic E-state index is -0.785. The molecule has 8 nitrogen and oxygen atoms in total. The van der Waals surface area contributed by atoms with Gasteiger partial charge in [-0.25, -0.2) is 9.97 Å². The topological polar surface area (TPSA) is 96.8 Å². The van der Waals surface area contributed by atoms with Gasteiger partial charge in [0.1, 0.15) is 11.8 Å². The van der Waals surface area contributed by atoms with Gasteiger partial charge < -0.3 is 19.9 Å². The maximum Gasteiger partial charge on any atom is 0.321 e. The number of anilines is 2. The van der Waals surface area contributed by atoms with Crippen molar-refractivity contribution < 1.29 is 19.4 Å². The minimum Gasteiger partial charge on any atom is -0.497 e. The quantitative estimate of drug-likeness (QED) is 0.442. The smallest absolute Gasteiger partial charge is 0.321 e. The van der Waals surface area contributed by atoms with Gasteiger partial charge in [-0.1, -0.05) is 24.3 Å². The van der Waals surface area contributed by atoms with Gasteiger partial charge in [-0.05, 0) is 62.6 Å². The average molecular weight is 491 g/mol. The average Bonchev–Trinajstić information content (AvgIpc) is 3.25. The third kappa shape index (κ3) is 6.80. The van der Waals surface area contributed by atoms with E-state index in [0.29, 0.717) is 25.5 Å². The fourth-order valence-corrected chi connectivity index (χ4v) is 4.43. The molecule has 0 radical (unpaired) electrons. The van der Waals surface area contributed by atoms with Crippen molar-refractivity contribution in [2.75, 3.05) is 25.5 Å². The first kappa shape index (κ1) is 25.6. The number of aromatic nitrogens is 2. The Morgan fingerprint density at radius 1 is 1.06 bits per heavy atom. The first-order valence-electron chi connectivity index (χ1n) is 12.2. The SMILES string of the molecule is COc1ccc(-c2cnc(Nc3ccc(CCN4C[C@H](OC(C)(C)C)C[C@H]4C(=O)O)cc3)nc2)cc1.